The third-order valence-corrected chi connectivity index (χ3v) is 5.41. The van der Waals surface area contributed by atoms with Crippen LogP contribution in [-0.2, 0) is 16.0 Å². The maximum absolute atomic E-state index is 13.3. The van der Waals surface area contributed by atoms with Gasteiger partial charge in [0.15, 0.2) is 17.3 Å². The molecule has 0 saturated heterocycles. The number of allylic oxidation sites excluding steroid dienone is 1. The van der Waals surface area contributed by atoms with E-state index in [1.165, 1.54) is 29.3 Å². The zero-order valence-corrected chi connectivity index (χ0v) is 17.7. The number of ether oxygens (including phenoxy) is 2. The molecule has 1 unspecified atom stereocenters. The van der Waals surface area contributed by atoms with E-state index >= 15 is 0 Å². The summed E-state index contributed by atoms with van der Waals surface area (Å²) in [7, 11) is 1.54. The number of hydrogen-bond donors (Lipinski definition) is 0. The second-order valence-electron chi connectivity index (χ2n) is 6.56. The van der Waals surface area contributed by atoms with Gasteiger partial charge in [-0.25, -0.2) is 4.39 Å². The van der Waals surface area contributed by atoms with E-state index < -0.39 is 6.04 Å². The van der Waals surface area contributed by atoms with Crippen molar-refractivity contribution >= 4 is 27.6 Å². The molecule has 0 aliphatic carbocycles. The molecule has 0 fully saturated rings. The van der Waals surface area contributed by atoms with Crippen LogP contribution in [0.1, 0.15) is 30.5 Å². The third-order valence-electron chi connectivity index (χ3n) is 4.67. The van der Waals surface area contributed by atoms with Crippen LogP contribution in [0.5, 0.6) is 11.5 Å². The molecule has 1 amide bonds. The van der Waals surface area contributed by atoms with Crippen LogP contribution in [0.3, 0.4) is 0 Å². The molecular formula is C22H21BrFNO4. The number of rotatable bonds is 6. The molecule has 5 nitrogen and oxygen atoms in total. The number of ketones is 1. The Labute approximate surface area is 177 Å². The van der Waals surface area contributed by atoms with E-state index in [1.807, 2.05) is 6.92 Å². The summed E-state index contributed by atoms with van der Waals surface area (Å²) in [6, 6.07) is 8.93. The van der Waals surface area contributed by atoms with E-state index in [2.05, 4.69) is 15.9 Å². The fourth-order valence-electron chi connectivity index (χ4n) is 3.24. The molecule has 0 bridgehead atoms. The van der Waals surface area contributed by atoms with Crippen LogP contribution >= 0.6 is 15.9 Å². The number of methoxy groups -OCH3 is 1. The van der Waals surface area contributed by atoms with Crippen molar-refractivity contribution in [3.8, 4) is 11.5 Å². The van der Waals surface area contributed by atoms with Crippen LogP contribution in [0, 0.1) is 5.82 Å². The third kappa shape index (κ3) is 4.85. The molecule has 29 heavy (non-hydrogen) atoms. The quantitative estimate of drug-likeness (QED) is 0.630. The first-order valence-electron chi connectivity index (χ1n) is 9.19. The highest BCUT2D eigenvalue weighted by molar-refractivity contribution is 9.10. The van der Waals surface area contributed by atoms with E-state index in [1.54, 1.807) is 31.4 Å². The minimum Gasteiger partial charge on any atom is -0.493 e. The number of hydrogen-bond acceptors (Lipinski definition) is 4. The van der Waals surface area contributed by atoms with Crippen molar-refractivity contribution in [3.63, 3.8) is 0 Å². The summed E-state index contributed by atoms with van der Waals surface area (Å²) in [4.78, 5) is 26.6. The van der Waals surface area contributed by atoms with Gasteiger partial charge in [-0.2, -0.15) is 0 Å². The Morgan fingerprint density at radius 1 is 1.24 bits per heavy atom. The average molecular weight is 462 g/mol. The highest BCUT2D eigenvalue weighted by Gasteiger charge is 2.29. The van der Waals surface area contributed by atoms with Crippen LogP contribution in [0.4, 0.5) is 4.39 Å². The molecule has 1 atom stereocenters. The van der Waals surface area contributed by atoms with E-state index in [-0.39, 0.29) is 30.3 Å². The first kappa shape index (κ1) is 21.0. The maximum atomic E-state index is 13.3. The van der Waals surface area contributed by atoms with Crippen molar-refractivity contribution in [1.82, 2.24) is 4.90 Å². The molecule has 3 rings (SSSR count). The minimum absolute atomic E-state index is 0.0766. The SMILES string of the molecule is CCOc1cc(Br)c(CC(=O)N2C=CC(=O)CC2c2ccc(F)cc2)cc1OC. The average Bonchev–Trinajstić information content (AvgIpc) is 2.70. The first-order chi connectivity index (χ1) is 13.9. The van der Waals surface area contributed by atoms with Gasteiger partial charge in [0.1, 0.15) is 5.82 Å². The highest BCUT2D eigenvalue weighted by atomic mass is 79.9. The molecule has 7 heteroatoms. The summed E-state index contributed by atoms with van der Waals surface area (Å²) >= 11 is 3.49. The van der Waals surface area contributed by atoms with E-state index in [4.69, 9.17) is 9.47 Å². The second-order valence-corrected chi connectivity index (χ2v) is 7.41. The van der Waals surface area contributed by atoms with Gasteiger partial charge in [-0.05, 0) is 48.4 Å². The Hall–Kier alpha value is -2.67. The molecule has 0 radical (unpaired) electrons. The smallest absolute Gasteiger partial charge is 0.231 e. The lowest BCUT2D eigenvalue weighted by molar-refractivity contribution is -0.131. The van der Waals surface area contributed by atoms with Crippen LogP contribution in [0.15, 0.2) is 53.1 Å². The Morgan fingerprint density at radius 2 is 1.97 bits per heavy atom. The number of carbonyl (C=O) groups is 2. The monoisotopic (exact) mass is 461 g/mol. The van der Waals surface area contributed by atoms with Gasteiger partial charge in [0.2, 0.25) is 5.91 Å². The van der Waals surface area contributed by atoms with Crippen molar-refractivity contribution < 1.29 is 23.5 Å². The van der Waals surface area contributed by atoms with Gasteiger partial charge in [-0.3, -0.25) is 9.59 Å². The minimum atomic E-state index is -0.469. The number of nitrogens with zero attached hydrogens (tertiary/aromatic N) is 1. The zero-order chi connectivity index (χ0) is 21.0. The van der Waals surface area contributed by atoms with Gasteiger partial charge in [0.05, 0.1) is 26.2 Å². The molecule has 1 heterocycles. The van der Waals surface area contributed by atoms with E-state index in [9.17, 15) is 14.0 Å². The van der Waals surface area contributed by atoms with Crippen molar-refractivity contribution in [2.24, 2.45) is 0 Å². The maximum Gasteiger partial charge on any atom is 0.231 e. The summed E-state index contributed by atoms with van der Waals surface area (Å²) < 4.78 is 24.9. The van der Waals surface area contributed by atoms with Crippen LogP contribution in [0.2, 0.25) is 0 Å². The van der Waals surface area contributed by atoms with Crippen molar-refractivity contribution in [3.05, 3.63) is 70.1 Å². The van der Waals surface area contributed by atoms with Crippen LogP contribution < -0.4 is 9.47 Å². The second kappa shape index (κ2) is 9.22. The molecule has 1 aliphatic rings. The topological polar surface area (TPSA) is 55.8 Å². The predicted octanol–water partition coefficient (Wildman–Crippen LogP) is 4.59. The van der Waals surface area contributed by atoms with Crippen LogP contribution in [-0.4, -0.2) is 30.3 Å². The highest BCUT2D eigenvalue weighted by Crippen LogP contribution is 2.35. The largest absolute Gasteiger partial charge is 0.493 e. The molecule has 0 N–H and O–H groups in total. The lowest BCUT2D eigenvalue weighted by Crippen LogP contribution is -2.35. The van der Waals surface area contributed by atoms with Crippen LogP contribution in [0.25, 0.3) is 0 Å². The molecule has 2 aromatic carbocycles. The first-order valence-corrected chi connectivity index (χ1v) is 9.99. The summed E-state index contributed by atoms with van der Waals surface area (Å²) in [5.41, 5.74) is 1.44. The number of amides is 1. The molecule has 152 valence electrons. The normalized spacial score (nSPS) is 16.1. The number of benzene rings is 2. The molecule has 0 spiro atoms. The summed E-state index contributed by atoms with van der Waals surface area (Å²) in [5, 5.41) is 0. The predicted molar refractivity (Wildman–Crippen MR) is 110 cm³/mol. The Kier molecular flexibility index (Phi) is 6.69. The fourth-order valence-corrected chi connectivity index (χ4v) is 3.70. The molecule has 2 aromatic rings. The van der Waals surface area contributed by atoms with Crippen molar-refractivity contribution in [2.45, 2.75) is 25.8 Å². The van der Waals surface area contributed by atoms with Gasteiger partial charge in [0.25, 0.3) is 0 Å². The summed E-state index contributed by atoms with van der Waals surface area (Å²) in [6.45, 7) is 2.37. The Morgan fingerprint density at radius 3 is 2.62 bits per heavy atom. The van der Waals surface area contributed by atoms with Gasteiger partial charge in [-0.15, -0.1) is 0 Å². The number of halogens is 2. The molecule has 0 aromatic heterocycles. The van der Waals surface area contributed by atoms with Gasteiger partial charge < -0.3 is 14.4 Å². The Bertz CT molecular complexity index is 943. The molecule has 0 saturated carbocycles. The molecular weight excluding hydrogens is 441 g/mol. The summed E-state index contributed by atoms with van der Waals surface area (Å²) in [6.07, 6.45) is 3.15. The fraction of sp³-hybridized carbons (Fsp3) is 0.273. The summed E-state index contributed by atoms with van der Waals surface area (Å²) in [5.74, 6) is 0.500. The van der Waals surface area contributed by atoms with E-state index in [0.717, 1.165) is 10.0 Å². The Balaban J connectivity index is 1.87. The van der Waals surface area contributed by atoms with Gasteiger partial charge >= 0.3 is 0 Å². The zero-order valence-electron chi connectivity index (χ0n) is 16.2. The standard InChI is InChI=1S/C22H21BrFNO4/c1-3-29-21-13-18(23)15(10-20(21)28-2)11-22(27)25-9-8-17(26)12-19(25)14-4-6-16(24)7-5-14/h4-10,13,19H,3,11-12H2,1-2H3. The van der Waals surface area contributed by atoms with Crippen molar-refractivity contribution in [2.75, 3.05) is 13.7 Å². The lowest BCUT2D eigenvalue weighted by Gasteiger charge is -2.31. The van der Waals surface area contributed by atoms with Crippen molar-refractivity contribution in [1.29, 1.82) is 0 Å². The number of carbonyl (C=O) groups excluding carboxylic acids is 2. The lowest BCUT2D eigenvalue weighted by atomic mass is 9.96. The molecule has 1 aliphatic heterocycles. The van der Waals surface area contributed by atoms with Gasteiger partial charge in [0, 0.05) is 17.1 Å². The van der Waals surface area contributed by atoms with Gasteiger partial charge in [-0.1, -0.05) is 28.1 Å². The van der Waals surface area contributed by atoms with E-state index in [0.29, 0.717) is 23.7 Å².